The van der Waals surface area contributed by atoms with Gasteiger partial charge in [-0.2, -0.15) is 5.10 Å². The fraction of sp³-hybridized carbons (Fsp3) is 0.412. The van der Waals surface area contributed by atoms with Crippen LogP contribution in [-0.2, 0) is 0 Å². The Labute approximate surface area is 150 Å². The van der Waals surface area contributed by atoms with Gasteiger partial charge in [-0.1, -0.05) is 23.2 Å². The molecule has 126 valence electrons. The maximum atomic E-state index is 12.7. The molecule has 7 heteroatoms. The van der Waals surface area contributed by atoms with Crippen molar-refractivity contribution in [2.24, 2.45) is 17.6 Å². The highest BCUT2D eigenvalue weighted by Gasteiger charge is 2.42. The zero-order valence-corrected chi connectivity index (χ0v) is 14.5. The molecule has 24 heavy (non-hydrogen) atoms. The number of carbonyl (C=O) groups excluding carboxylic acids is 1. The van der Waals surface area contributed by atoms with E-state index < -0.39 is 0 Å². The first-order chi connectivity index (χ1) is 11.5. The van der Waals surface area contributed by atoms with Crippen LogP contribution in [0.4, 0.5) is 0 Å². The standard InChI is InChI=1S/C17H18Cl2N4O/c18-11-2-4-16(13(19)7-11)23-6-5-15(21-23)17(24)22-8-10-1-3-14(20)12(10)9-22/h2,4-7,10,12,14H,1,3,8-9,20H2. The first-order valence-corrected chi connectivity index (χ1v) is 8.84. The largest absolute Gasteiger partial charge is 0.337 e. The Kier molecular flexibility index (Phi) is 4.03. The molecule has 1 saturated heterocycles. The Morgan fingerprint density at radius 1 is 1.21 bits per heavy atom. The minimum Gasteiger partial charge on any atom is -0.337 e. The summed E-state index contributed by atoms with van der Waals surface area (Å²) in [5.41, 5.74) is 7.27. The van der Waals surface area contributed by atoms with Crippen LogP contribution in [0.1, 0.15) is 23.3 Å². The van der Waals surface area contributed by atoms with Gasteiger partial charge in [-0.05, 0) is 48.9 Å². The van der Waals surface area contributed by atoms with Crippen LogP contribution in [0.25, 0.3) is 5.69 Å². The number of halogens is 2. The number of hydrogen-bond donors (Lipinski definition) is 1. The molecule has 2 heterocycles. The normalized spacial score (nSPS) is 26.0. The van der Waals surface area contributed by atoms with Crippen LogP contribution in [0.2, 0.25) is 10.0 Å². The van der Waals surface area contributed by atoms with E-state index in [9.17, 15) is 4.79 Å². The van der Waals surface area contributed by atoms with Gasteiger partial charge in [-0.25, -0.2) is 4.68 Å². The van der Waals surface area contributed by atoms with Crippen molar-refractivity contribution in [2.45, 2.75) is 18.9 Å². The molecule has 2 N–H and O–H groups in total. The fourth-order valence-electron chi connectivity index (χ4n) is 3.87. The van der Waals surface area contributed by atoms with Crippen molar-refractivity contribution in [2.75, 3.05) is 13.1 Å². The average Bonchev–Trinajstić information content (AvgIpc) is 3.24. The highest BCUT2D eigenvalue weighted by Crippen LogP contribution is 2.37. The highest BCUT2D eigenvalue weighted by atomic mass is 35.5. The molecule has 2 aromatic rings. The van der Waals surface area contributed by atoms with Gasteiger partial charge in [0.05, 0.1) is 10.7 Å². The molecule has 2 fully saturated rings. The average molecular weight is 365 g/mol. The quantitative estimate of drug-likeness (QED) is 0.890. The van der Waals surface area contributed by atoms with Crippen LogP contribution < -0.4 is 5.73 Å². The van der Waals surface area contributed by atoms with Gasteiger partial charge in [-0.15, -0.1) is 0 Å². The van der Waals surface area contributed by atoms with E-state index in [1.165, 1.54) is 0 Å². The number of likely N-dealkylation sites (tertiary alicyclic amines) is 1. The smallest absolute Gasteiger partial charge is 0.274 e. The lowest BCUT2D eigenvalue weighted by molar-refractivity contribution is 0.0773. The lowest BCUT2D eigenvalue weighted by atomic mass is 9.98. The number of carbonyl (C=O) groups is 1. The fourth-order valence-corrected chi connectivity index (χ4v) is 4.37. The molecule has 0 bridgehead atoms. The van der Waals surface area contributed by atoms with Crippen LogP contribution in [0.3, 0.4) is 0 Å². The van der Waals surface area contributed by atoms with Gasteiger partial charge in [0.25, 0.3) is 5.91 Å². The monoisotopic (exact) mass is 364 g/mol. The molecule has 1 aliphatic heterocycles. The Morgan fingerprint density at radius 3 is 2.79 bits per heavy atom. The lowest BCUT2D eigenvalue weighted by Crippen LogP contribution is -2.33. The summed E-state index contributed by atoms with van der Waals surface area (Å²) in [6, 6.07) is 7.13. The van der Waals surface area contributed by atoms with E-state index in [4.69, 9.17) is 28.9 Å². The third-order valence-electron chi connectivity index (χ3n) is 5.16. The van der Waals surface area contributed by atoms with Crippen LogP contribution in [0, 0.1) is 11.8 Å². The van der Waals surface area contributed by atoms with Crippen LogP contribution in [-0.4, -0.2) is 39.7 Å². The molecule has 1 saturated carbocycles. The molecule has 4 rings (SSSR count). The number of aromatic nitrogens is 2. The summed E-state index contributed by atoms with van der Waals surface area (Å²) >= 11 is 12.1. The Bertz CT molecular complexity index is 791. The van der Waals surface area contributed by atoms with Crippen molar-refractivity contribution in [3.8, 4) is 5.69 Å². The second-order valence-electron chi connectivity index (χ2n) is 6.62. The highest BCUT2D eigenvalue weighted by molar-refractivity contribution is 6.35. The number of amides is 1. The van der Waals surface area contributed by atoms with Crippen LogP contribution in [0.15, 0.2) is 30.5 Å². The zero-order valence-electron chi connectivity index (χ0n) is 13.0. The number of rotatable bonds is 2. The maximum Gasteiger partial charge on any atom is 0.274 e. The molecule has 5 nitrogen and oxygen atoms in total. The summed E-state index contributed by atoms with van der Waals surface area (Å²) in [4.78, 5) is 14.6. The van der Waals surface area contributed by atoms with Gasteiger partial charge in [-0.3, -0.25) is 4.79 Å². The van der Waals surface area contributed by atoms with E-state index in [0.717, 1.165) is 25.9 Å². The summed E-state index contributed by atoms with van der Waals surface area (Å²) in [5, 5.41) is 5.45. The van der Waals surface area contributed by atoms with Gasteiger partial charge in [0, 0.05) is 30.4 Å². The molecule has 2 aliphatic rings. The van der Waals surface area contributed by atoms with E-state index in [1.807, 2.05) is 4.90 Å². The van der Waals surface area contributed by atoms with Gasteiger partial charge >= 0.3 is 0 Å². The first-order valence-electron chi connectivity index (χ1n) is 8.09. The Morgan fingerprint density at radius 2 is 2.04 bits per heavy atom. The van der Waals surface area contributed by atoms with Gasteiger partial charge < -0.3 is 10.6 Å². The van der Waals surface area contributed by atoms with E-state index in [2.05, 4.69) is 5.10 Å². The number of benzene rings is 1. The predicted octanol–water partition coefficient (Wildman–Crippen LogP) is 2.99. The minimum atomic E-state index is -0.0413. The van der Waals surface area contributed by atoms with Crippen molar-refractivity contribution in [3.05, 3.63) is 46.2 Å². The third kappa shape index (κ3) is 2.70. The molecular formula is C17H18Cl2N4O. The van der Waals surface area contributed by atoms with Gasteiger partial charge in [0.2, 0.25) is 0 Å². The predicted molar refractivity (Wildman–Crippen MR) is 93.7 cm³/mol. The van der Waals surface area contributed by atoms with E-state index >= 15 is 0 Å². The number of nitrogens with two attached hydrogens (primary N) is 1. The molecule has 1 aliphatic carbocycles. The molecule has 3 unspecified atom stereocenters. The van der Waals surface area contributed by atoms with E-state index in [-0.39, 0.29) is 11.9 Å². The molecule has 1 amide bonds. The Balaban J connectivity index is 1.54. The van der Waals surface area contributed by atoms with Crippen LogP contribution in [0.5, 0.6) is 0 Å². The first kappa shape index (κ1) is 15.9. The summed E-state index contributed by atoms with van der Waals surface area (Å²) < 4.78 is 1.61. The van der Waals surface area contributed by atoms with E-state index in [0.29, 0.717) is 33.3 Å². The number of fused-ring (bicyclic) bond motifs is 1. The Hall–Kier alpha value is -1.56. The minimum absolute atomic E-state index is 0.0413. The van der Waals surface area contributed by atoms with Crippen molar-refractivity contribution in [1.29, 1.82) is 0 Å². The third-order valence-corrected chi connectivity index (χ3v) is 5.70. The van der Waals surface area contributed by atoms with Crippen LogP contribution >= 0.6 is 23.2 Å². The molecule has 1 aromatic carbocycles. The van der Waals surface area contributed by atoms with Crippen molar-refractivity contribution >= 4 is 29.1 Å². The maximum absolute atomic E-state index is 12.7. The molecule has 3 atom stereocenters. The van der Waals surface area contributed by atoms with Crippen molar-refractivity contribution in [1.82, 2.24) is 14.7 Å². The summed E-state index contributed by atoms with van der Waals surface area (Å²) in [5.74, 6) is 0.930. The molecule has 0 spiro atoms. The number of hydrogen-bond acceptors (Lipinski definition) is 3. The molecular weight excluding hydrogens is 347 g/mol. The zero-order chi connectivity index (χ0) is 16.8. The summed E-state index contributed by atoms with van der Waals surface area (Å²) in [6.07, 6.45) is 3.93. The molecule has 1 aromatic heterocycles. The van der Waals surface area contributed by atoms with Gasteiger partial charge in [0.1, 0.15) is 0 Å². The second-order valence-corrected chi connectivity index (χ2v) is 7.46. The van der Waals surface area contributed by atoms with Crippen molar-refractivity contribution < 1.29 is 4.79 Å². The van der Waals surface area contributed by atoms with Gasteiger partial charge in [0.15, 0.2) is 5.69 Å². The number of nitrogens with zero attached hydrogens (tertiary/aromatic N) is 3. The summed E-state index contributed by atoms with van der Waals surface area (Å²) in [7, 11) is 0. The summed E-state index contributed by atoms with van der Waals surface area (Å²) in [6.45, 7) is 1.52. The molecule has 0 radical (unpaired) electrons. The second kappa shape index (κ2) is 6.06. The van der Waals surface area contributed by atoms with Crippen molar-refractivity contribution in [3.63, 3.8) is 0 Å². The topological polar surface area (TPSA) is 64.2 Å². The lowest BCUT2D eigenvalue weighted by Gasteiger charge is -2.17. The SMILES string of the molecule is NC1CCC2CN(C(=O)c3ccn(-c4ccc(Cl)cc4Cl)n3)CC12. The van der Waals surface area contributed by atoms with E-state index in [1.54, 1.807) is 35.1 Å².